The Morgan fingerprint density at radius 2 is 2.19 bits per heavy atom. The molecule has 0 aliphatic carbocycles. The molecule has 6 nitrogen and oxygen atoms in total. The Hall–Kier alpha value is -0.660. The normalized spacial score (nSPS) is 17.8. The van der Waals surface area contributed by atoms with E-state index in [9.17, 15) is 0 Å². The van der Waals surface area contributed by atoms with Crippen LogP contribution in [0.4, 0.5) is 0 Å². The number of nitrogens with one attached hydrogen (secondary N) is 1. The standard InChI is InChI=1S/C9H18N6S/c1-14-12-9(11-13-14)8-10-2-3-15-4-6-16-7-5-15/h10H,2-8H2,1H3. The minimum absolute atomic E-state index is 0.705. The molecule has 90 valence electrons. The molecule has 2 rings (SSSR count). The first-order valence-corrected chi connectivity index (χ1v) is 6.74. The zero-order valence-electron chi connectivity index (χ0n) is 9.59. The maximum atomic E-state index is 4.11. The fourth-order valence-corrected chi connectivity index (χ4v) is 2.63. The second kappa shape index (κ2) is 6.17. The highest BCUT2D eigenvalue weighted by Crippen LogP contribution is 2.07. The van der Waals surface area contributed by atoms with E-state index in [1.807, 2.05) is 11.8 Å². The zero-order valence-corrected chi connectivity index (χ0v) is 10.4. The Morgan fingerprint density at radius 3 is 2.88 bits per heavy atom. The van der Waals surface area contributed by atoms with Crippen LogP contribution in [0.15, 0.2) is 0 Å². The third-order valence-corrected chi connectivity index (χ3v) is 3.48. The Balaban J connectivity index is 1.57. The summed E-state index contributed by atoms with van der Waals surface area (Å²) in [6, 6.07) is 0. The summed E-state index contributed by atoms with van der Waals surface area (Å²) in [6.45, 7) is 5.24. The van der Waals surface area contributed by atoms with Crippen molar-refractivity contribution in [3.8, 4) is 0 Å². The van der Waals surface area contributed by atoms with Crippen LogP contribution in [0.2, 0.25) is 0 Å². The Morgan fingerprint density at radius 1 is 1.38 bits per heavy atom. The van der Waals surface area contributed by atoms with E-state index in [0.717, 1.165) is 18.9 Å². The summed E-state index contributed by atoms with van der Waals surface area (Å²) >= 11 is 2.04. The molecule has 7 heteroatoms. The van der Waals surface area contributed by atoms with Crippen LogP contribution in [0.1, 0.15) is 5.82 Å². The zero-order chi connectivity index (χ0) is 11.2. The topological polar surface area (TPSA) is 58.9 Å². The van der Waals surface area contributed by atoms with Crippen molar-refractivity contribution in [3.63, 3.8) is 0 Å². The molecule has 1 aromatic heterocycles. The fourth-order valence-electron chi connectivity index (χ4n) is 1.66. The van der Waals surface area contributed by atoms with Gasteiger partial charge in [-0.2, -0.15) is 16.6 Å². The average molecular weight is 242 g/mol. The number of nitrogens with zero attached hydrogens (tertiary/aromatic N) is 5. The molecule has 1 aliphatic rings. The van der Waals surface area contributed by atoms with Gasteiger partial charge in [0.15, 0.2) is 5.82 Å². The number of hydrogen-bond donors (Lipinski definition) is 1. The molecule has 2 heterocycles. The van der Waals surface area contributed by atoms with E-state index in [-0.39, 0.29) is 0 Å². The molecule has 0 spiro atoms. The van der Waals surface area contributed by atoms with Crippen molar-refractivity contribution in [1.82, 2.24) is 30.4 Å². The summed E-state index contributed by atoms with van der Waals surface area (Å²) in [5.41, 5.74) is 0. The number of aromatic nitrogens is 4. The van der Waals surface area contributed by atoms with Crippen LogP contribution in [0.3, 0.4) is 0 Å². The summed E-state index contributed by atoms with van der Waals surface area (Å²) in [7, 11) is 1.78. The van der Waals surface area contributed by atoms with E-state index < -0.39 is 0 Å². The van der Waals surface area contributed by atoms with Crippen molar-refractivity contribution in [2.24, 2.45) is 7.05 Å². The Bertz CT molecular complexity index is 309. The molecular weight excluding hydrogens is 224 g/mol. The van der Waals surface area contributed by atoms with Gasteiger partial charge in [-0.15, -0.1) is 10.2 Å². The monoisotopic (exact) mass is 242 g/mol. The SMILES string of the molecule is Cn1nnc(CNCCN2CCSCC2)n1. The second-order valence-electron chi connectivity index (χ2n) is 3.83. The summed E-state index contributed by atoms with van der Waals surface area (Å²) in [5, 5.41) is 15.2. The molecule has 1 aromatic rings. The number of hydrogen-bond acceptors (Lipinski definition) is 6. The largest absolute Gasteiger partial charge is 0.308 e. The van der Waals surface area contributed by atoms with Crippen LogP contribution in [-0.4, -0.2) is 62.8 Å². The molecular formula is C9H18N6S. The van der Waals surface area contributed by atoms with Crippen molar-refractivity contribution in [2.45, 2.75) is 6.54 Å². The maximum absolute atomic E-state index is 4.11. The van der Waals surface area contributed by atoms with Crippen LogP contribution < -0.4 is 5.32 Å². The molecule has 0 aromatic carbocycles. The number of tetrazole rings is 1. The third kappa shape index (κ3) is 3.73. The maximum Gasteiger partial charge on any atom is 0.188 e. The summed E-state index contributed by atoms with van der Waals surface area (Å²) in [5.74, 6) is 3.30. The van der Waals surface area contributed by atoms with Crippen molar-refractivity contribution < 1.29 is 0 Å². The lowest BCUT2D eigenvalue weighted by molar-refractivity contribution is 0.300. The van der Waals surface area contributed by atoms with E-state index in [2.05, 4.69) is 25.6 Å². The highest BCUT2D eigenvalue weighted by molar-refractivity contribution is 7.99. The summed E-state index contributed by atoms with van der Waals surface area (Å²) < 4.78 is 0. The summed E-state index contributed by atoms with van der Waals surface area (Å²) in [4.78, 5) is 3.98. The van der Waals surface area contributed by atoms with Crippen LogP contribution in [0.5, 0.6) is 0 Å². The van der Waals surface area contributed by atoms with Gasteiger partial charge in [-0.25, -0.2) is 0 Å². The van der Waals surface area contributed by atoms with Crippen molar-refractivity contribution >= 4 is 11.8 Å². The molecule has 0 atom stereocenters. The lowest BCUT2D eigenvalue weighted by Crippen LogP contribution is -2.37. The van der Waals surface area contributed by atoms with Gasteiger partial charge in [-0.3, -0.25) is 0 Å². The quantitative estimate of drug-likeness (QED) is 0.692. The van der Waals surface area contributed by atoms with E-state index in [4.69, 9.17) is 0 Å². The predicted molar refractivity (Wildman–Crippen MR) is 64.3 cm³/mol. The van der Waals surface area contributed by atoms with Gasteiger partial charge in [0.2, 0.25) is 0 Å². The van der Waals surface area contributed by atoms with Crippen molar-refractivity contribution in [2.75, 3.05) is 37.7 Å². The summed E-state index contributed by atoms with van der Waals surface area (Å²) in [6.07, 6.45) is 0. The van der Waals surface area contributed by atoms with Crippen LogP contribution in [0, 0.1) is 0 Å². The molecule has 1 saturated heterocycles. The van der Waals surface area contributed by atoms with Crippen molar-refractivity contribution in [3.05, 3.63) is 5.82 Å². The van der Waals surface area contributed by atoms with E-state index in [0.29, 0.717) is 6.54 Å². The second-order valence-corrected chi connectivity index (χ2v) is 5.05. The molecule has 1 fully saturated rings. The molecule has 0 amide bonds. The average Bonchev–Trinajstić information content (AvgIpc) is 2.72. The molecule has 1 N–H and O–H groups in total. The van der Waals surface area contributed by atoms with Crippen LogP contribution in [0.25, 0.3) is 0 Å². The first-order valence-electron chi connectivity index (χ1n) is 5.58. The molecule has 16 heavy (non-hydrogen) atoms. The van der Waals surface area contributed by atoms with Crippen LogP contribution >= 0.6 is 11.8 Å². The van der Waals surface area contributed by atoms with E-state index in [1.165, 1.54) is 29.4 Å². The van der Waals surface area contributed by atoms with Gasteiger partial charge in [0.1, 0.15) is 0 Å². The minimum atomic E-state index is 0.705. The number of rotatable bonds is 5. The molecule has 0 unspecified atom stereocenters. The molecule has 1 aliphatic heterocycles. The first-order chi connectivity index (χ1) is 7.84. The molecule has 0 saturated carbocycles. The van der Waals surface area contributed by atoms with Gasteiger partial charge in [-0.05, 0) is 5.21 Å². The van der Waals surface area contributed by atoms with Gasteiger partial charge in [0.25, 0.3) is 0 Å². The lowest BCUT2D eigenvalue weighted by atomic mass is 10.4. The first kappa shape index (κ1) is 11.8. The van der Waals surface area contributed by atoms with Crippen molar-refractivity contribution in [1.29, 1.82) is 0 Å². The van der Waals surface area contributed by atoms with Gasteiger partial charge in [0, 0.05) is 37.7 Å². The van der Waals surface area contributed by atoms with E-state index >= 15 is 0 Å². The molecule has 0 bridgehead atoms. The minimum Gasteiger partial charge on any atom is -0.308 e. The molecule has 0 radical (unpaired) electrons. The fraction of sp³-hybridized carbons (Fsp3) is 0.889. The highest BCUT2D eigenvalue weighted by Gasteiger charge is 2.09. The number of thioether (sulfide) groups is 1. The third-order valence-electron chi connectivity index (χ3n) is 2.54. The smallest absolute Gasteiger partial charge is 0.188 e. The highest BCUT2D eigenvalue weighted by atomic mass is 32.2. The number of aryl methyl sites for hydroxylation is 1. The van der Waals surface area contributed by atoms with Crippen LogP contribution in [-0.2, 0) is 13.6 Å². The Kier molecular flexibility index (Phi) is 4.55. The van der Waals surface area contributed by atoms with Gasteiger partial charge in [-0.1, -0.05) is 0 Å². The van der Waals surface area contributed by atoms with Gasteiger partial charge >= 0.3 is 0 Å². The lowest BCUT2D eigenvalue weighted by Gasteiger charge is -2.25. The van der Waals surface area contributed by atoms with E-state index in [1.54, 1.807) is 7.05 Å². The predicted octanol–water partition coefficient (Wildman–Crippen LogP) is -0.651. The van der Waals surface area contributed by atoms with Gasteiger partial charge < -0.3 is 10.2 Å². The Labute approximate surface area is 99.8 Å². The van der Waals surface area contributed by atoms with Gasteiger partial charge in [0.05, 0.1) is 13.6 Å².